The summed E-state index contributed by atoms with van der Waals surface area (Å²) in [7, 11) is 0. The predicted octanol–water partition coefficient (Wildman–Crippen LogP) is 3.98. The highest BCUT2D eigenvalue weighted by atomic mass is 16.5. The van der Waals surface area contributed by atoms with E-state index in [9.17, 15) is 4.79 Å². The van der Waals surface area contributed by atoms with E-state index in [0.717, 1.165) is 34.8 Å². The van der Waals surface area contributed by atoms with Crippen molar-refractivity contribution < 1.29 is 9.53 Å². The van der Waals surface area contributed by atoms with Gasteiger partial charge in [-0.05, 0) is 38.1 Å². The number of benzene rings is 2. The van der Waals surface area contributed by atoms with Gasteiger partial charge in [0, 0.05) is 25.4 Å². The van der Waals surface area contributed by atoms with Crippen LogP contribution in [0.1, 0.15) is 32.0 Å². The van der Waals surface area contributed by atoms with Crippen molar-refractivity contribution in [3.05, 3.63) is 54.4 Å². The number of carbonyl (C=O) groups excluding carboxylic acids is 1. The van der Waals surface area contributed by atoms with Crippen molar-refractivity contribution in [3.63, 3.8) is 0 Å². The molecule has 1 atom stereocenters. The van der Waals surface area contributed by atoms with Gasteiger partial charge in [0.2, 0.25) is 5.91 Å². The Bertz CT molecular complexity index is 947. The largest absolute Gasteiger partial charge is 0.492 e. The van der Waals surface area contributed by atoms with Crippen LogP contribution in [-0.2, 0) is 11.3 Å². The zero-order valence-corrected chi connectivity index (χ0v) is 15.2. The number of ether oxygens (including phenoxy) is 1. The highest BCUT2D eigenvalue weighted by Gasteiger charge is 2.35. The van der Waals surface area contributed by atoms with Crippen molar-refractivity contribution in [3.8, 4) is 5.75 Å². The summed E-state index contributed by atoms with van der Waals surface area (Å²) in [6.45, 7) is 6.13. The van der Waals surface area contributed by atoms with E-state index in [0.29, 0.717) is 19.6 Å². The Balaban J connectivity index is 1.69. The van der Waals surface area contributed by atoms with Crippen LogP contribution in [-0.4, -0.2) is 28.6 Å². The van der Waals surface area contributed by atoms with E-state index in [-0.39, 0.29) is 11.8 Å². The Morgan fingerprint density at radius 1 is 1.12 bits per heavy atom. The van der Waals surface area contributed by atoms with Crippen molar-refractivity contribution in [1.82, 2.24) is 9.55 Å². The number of rotatable bonds is 5. The molecule has 2 aromatic carbocycles. The molecule has 5 heteroatoms. The second-order valence-electron chi connectivity index (χ2n) is 6.51. The molecule has 0 aliphatic carbocycles. The lowest BCUT2D eigenvalue weighted by Gasteiger charge is -2.20. The summed E-state index contributed by atoms with van der Waals surface area (Å²) in [5.41, 5.74) is 2.97. The average molecular weight is 349 g/mol. The van der Waals surface area contributed by atoms with Crippen molar-refractivity contribution in [1.29, 1.82) is 0 Å². The molecule has 1 saturated heterocycles. The monoisotopic (exact) mass is 349 g/mol. The smallest absolute Gasteiger partial charge is 0.227 e. The van der Waals surface area contributed by atoms with E-state index >= 15 is 0 Å². The quantitative estimate of drug-likeness (QED) is 0.700. The Labute approximate surface area is 153 Å². The van der Waals surface area contributed by atoms with E-state index in [1.807, 2.05) is 54.3 Å². The van der Waals surface area contributed by atoms with Gasteiger partial charge in [-0.1, -0.05) is 24.3 Å². The molecule has 1 amide bonds. The third-order valence-corrected chi connectivity index (χ3v) is 4.95. The molecule has 0 unspecified atom stereocenters. The van der Waals surface area contributed by atoms with Crippen LogP contribution in [0.2, 0.25) is 0 Å². The van der Waals surface area contributed by atoms with E-state index in [1.54, 1.807) is 0 Å². The van der Waals surface area contributed by atoms with Gasteiger partial charge >= 0.3 is 0 Å². The number of hydrogen-bond donors (Lipinski definition) is 0. The number of fused-ring (bicyclic) bond motifs is 1. The van der Waals surface area contributed by atoms with Crippen molar-refractivity contribution in [2.24, 2.45) is 0 Å². The highest BCUT2D eigenvalue weighted by molar-refractivity contribution is 5.97. The Morgan fingerprint density at radius 3 is 2.69 bits per heavy atom. The summed E-state index contributed by atoms with van der Waals surface area (Å²) in [5.74, 6) is 1.97. The molecule has 1 fully saturated rings. The minimum atomic E-state index is 0.0875. The molecule has 0 bridgehead atoms. The van der Waals surface area contributed by atoms with Crippen LogP contribution < -0.4 is 9.64 Å². The van der Waals surface area contributed by atoms with Gasteiger partial charge in [-0.3, -0.25) is 4.79 Å². The van der Waals surface area contributed by atoms with E-state index in [1.165, 1.54) is 0 Å². The first-order valence-electron chi connectivity index (χ1n) is 9.20. The molecule has 3 aromatic rings. The lowest BCUT2D eigenvalue weighted by molar-refractivity contribution is -0.117. The summed E-state index contributed by atoms with van der Waals surface area (Å²) in [6, 6.07) is 15.9. The summed E-state index contributed by atoms with van der Waals surface area (Å²) < 4.78 is 7.94. The summed E-state index contributed by atoms with van der Waals surface area (Å²) in [5, 5.41) is 0. The molecule has 0 spiro atoms. The fourth-order valence-corrected chi connectivity index (χ4v) is 3.81. The molecule has 2 heterocycles. The van der Waals surface area contributed by atoms with E-state index < -0.39 is 0 Å². The topological polar surface area (TPSA) is 47.4 Å². The minimum Gasteiger partial charge on any atom is -0.492 e. The molecule has 4 rings (SSSR count). The van der Waals surface area contributed by atoms with Crippen LogP contribution >= 0.6 is 0 Å². The number of hydrogen-bond acceptors (Lipinski definition) is 3. The van der Waals surface area contributed by atoms with Crippen molar-refractivity contribution in [2.45, 2.75) is 32.7 Å². The number of para-hydroxylation sites is 4. The first-order chi connectivity index (χ1) is 12.7. The Hall–Kier alpha value is -2.82. The molecular weight excluding hydrogens is 326 g/mol. The average Bonchev–Trinajstić information content (AvgIpc) is 3.22. The van der Waals surface area contributed by atoms with Gasteiger partial charge in [-0.15, -0.1) is 0 Å². The van der Waals surface area contributed by atoms with Gasteiger partial charge in [-0.2, -0.15) is 0 Å². The van der Waals surface area contributed by atoms with E-state index in [2.05, 4.69) is 17.6 Å². The van der Waals surface area contributed by atoms with Gasteiger partial charge in [0.1, 0.15) is 11.6 Å². The molecule has 134 valence electrons. The molecule has 0 radical (unpaired) electrons. The molecule has 5 nitrogen and oxygen atoms in total. The maximum atomic E-state index is 12.8. The molecule has 1 aliphatic rings. The van der Waals surface area contributed by atoms with Gasteiger partial charge in [0.15, 0.2) is 0 Å². The number of anilines is 1. The summed E-state index contributed by atoms with van der Waals surface area (Å²) >= 11 is 0. The third kappa shape index (κ3) is 2.73. The van der Waals surface area contributed by atoms with Gasteiger partial charge in [0.25, 0.3) is 0 Å². The summed E-state index contributed by atoms with van der Waals surface area (Å²) in [6.07, 6.45) is 0.476. The standard InChI is InChI=1S/C21H23N3O2/c1-3-23-17-10-6-5-9-16(17)22-21(23)15-13-20(25)24(14-15)18-11-7-8-12-19(18)26-4-2/h5-12,15H,3-4,13-14H2,1-2H3/t15-/m1/s1. The van der Waals surface area contributed by atoms with E-state index in [4.69, 9.17) is 9.72 Å². The zero-order chi connectivity index (χ0) is 18.1. The van der Waals surface area contributed by atoms with Crippen LogP contribution in [0.3, 0.4) is 0 Å². The van der Waals surface area contributed by atoms with Gasteiger partial charge < -0.3 is 14.2 Å². The number of amides is 1. The second-order valence-corrected chi connectivity index (χ2v) is 6.51. The van der Waals surface area contributed by atoms with Crippen LogP contribution in [0, 0.1) is 0 Å². The fourth-order valence-electron chi connectivity index (χ4n) is 3.81. The number of aromatic nitrogens is 2. The molecule has 26 heavy (non-hydrogen) atoms. The fraction of sp³-hybridized carbons (Fsp3) is 0.333. The normalized spacial score (nSPS) is 17.2. The van der Waals surface area contributed by atoms with Gasteiger partial charge in [-0.25, -0.2) is 4.98 Å². The third-order valence-electron chi connectivity index (χ3n) is 4.95. The number of imidazole rings is 1. The molecule has 0 N–H and O–H groups in total. The molecule has 0 saturated carbocycles. The first kappa shape index (κ1) is 16.6. The van der Waals surface area contributed by atoms with Crippen molar-refractivity contribution >= 4 is 22.6 Å². The first-order valence-corrected chi connectivity index (χ1v) is 9.20. The molecule has 1 aromatic heterocycles. The maximum absolute atomic E-state index is 12.8. The minimum absolute atomic E-state index is 0.0875. The van der Waals surface area contributed by atoms with Crippen LogP contribution in [0.4, 0.5) is 5.69 Å². The lowest BCUT2D eigenvalue weighted by Crippen LogP contribution is -2.25. The molecular formula is C21H23N3O2. The number of nitrogens with zero attached hydrogens (tertiary/aromatic N) is 3. The Morgan fingerprint density at radius 2 is 1.88 bits per heavy atom. The highest BCUT2D eigenvalue weighted by Crippen LogP contribution is 2.37. The van der Waals surface area contributed by atoms with Crippen LogP contribution in [0.5, 0.6) is 5.75 Å². The number of aryl methyl sites for hydroxylation is 1. The van der Waals surface area contributed by atoms with Crippen LogP contribution in [0.25, 0.3) is 11.0 Å². The Kier molecular flexibility index (Phi) is 4.37. The van der Waals surface area contributed by atoms with Crippen molar-refractivity contribution in [2.75, 3.05) is 18.1 Å². The van der Waals surface area contributed by atoms with Crippen LogP contribution in [0.15, 0.2) is 48.5 Å². The predicted molar refractivity (Wildman–Crippen MR) is 103 cm³/mol. The zero-order valence-electron chi connectivity index (χ0n) is 15.2. The second kappa shape index (κ2) is 6.83. The van der Waals surface area contributed by atoms with Gasteiger partial charge in [0.05, 0.1) is 23.3 Å². The SMILES string of the molecule is CCOc1ccccc1N1C[C@H](c2nc3ccccc3n2CC)CC1=O. The lowest BCUT2D eigenvalue weighted by atomic mass is 10.1. The number of carbonyl (C=O) groups is 1. The maximum Gasteiger partial charge on any atom is 0.227 e. The molecule has 1 aliphatic heterocycles. The summed E-state index contributed by atoms with van der Waals surface area (Å²) in [4.78, 5) is 19.4.